The number of phenols is 1. The van der Waals surface area contributed by atoms with Gasteiger partial charge in [0.05, 0.1) is 11.0 Å². The van der Waals surface area contributed by atoms with Gasteiger partial charge in [-0.15, -0.1) is 0 Å². The summed E-state index contributed by atoms with van der Waals surface area (Å²) in [6.07, 6.45) is 3.49. The molecule has 5 nitrogen and oxygen atoms in total. The van der Waals surface area contributed by atoms with Crippen LogP contribution in [0.4, 0.5) is 0 Å². The van der Waals surface area contributed by atoms with Gasteiger partial charge in [-0.3, -0.25) is 4.79 Å². The lowest BCUT2D eigenvalue weighted by atomic mass is 10.1. The van der Waals surface area contributed by atoms with Gasteiger partial charge in [-0.05, 0) is 48.6 Å². The highest BCUT2D eigenvalue weighted by atomic mass is 16.3. The Morgan fingerprint density at radius 1 is 1.15 bits per heavy atom. The molecule has 0 aliphatic heterocycles. The molecule has 3 aromatic rings. The molecule has 1 aromatic heterocycles. The zero-order chi connectivity index (χ0) is 17.9. The number of para-hydroxylation sites is 2. The van der Waals surface area contributed by atoms with Gasteiger partial charge in [-0.1, -0.05) is 24.3 Å². The average molecular weight is 349 g/mol. The molecule has 0 spiro atoms. The Morgan fingerprint density at radius 3 is 2.65 bits per heavy atom. The molecule has 26 heavy (non-hydrogen) atoms. The molecule has 1 saturated carbocycles. The van der Waals surface area contributed by atoms with Crippen molar-refractivity contribution in [1.82, 2.24) is 14.9 Å². The molecule has 0 saturated heterocycles. The highest BCUT2D eigenvalue weighted by Gasteiger charge is 2.26. The molecule has 2 N–H and O–H groups in total. The van der Waals surface area contributed by atoms with E-state index in [2.05, 4.69) is 9.97 Å². The van der Waals surface area contributed by atoms with Crippen molar-refractivity contribution in [3.63, 3.8) is 0 Å². The third-order valence-corrected chi connectivity index (χ3v) is 4.85. The summed E-state index contributed by atoms with van der Waals surface area (Å²) in [6.45, 7) is 1.41. The number of hydrogen-bond acceptors (Lipinski definition) is 3. The van der Waals surface area contributed by atoms with Crippen LogP contribution in [0.5, 0.6) is 5.75 Å². The van der Waals surface area contributed by atoms with E-state index >= 15 is 0 Å². The second-order valence-corrected chi connectivity index (χ2v) is 7.08. The monoisotopic (exact) mass is 349 g/mol. The van der Waals surface area contributed by atoms with Crippen molar-refractivity contribution in [1.29, 1.82) is 0 Å². The van der Waals surface area contributed by atoms with Crippen molar-refractivity contribution in [3.8, 4) is 5.75 Å². The minimum absolute atomic E-state index is 0.158. The first-order valence-corrected chi connectivity index (χ1v) is 9.17. The molecule has 0 bridgehead atoms. The minimum Gasteiger partial charge on any atom is -0.508 e. The number of aryl methyl sites for hydroxylation is 1. The highest BCUT2D eigenvalue weighted by molar-refractivity contribution is 5.77. The normalized spacial score (nSPS) is 13.8. The fraction of sp³-hybridized carbons (Fsp3) is 0.333. The molecule has 0 radical (unpaired) electrons. The molecular weight excluding hydrogens is 326 g/mol. The number of phenolic OH excluding ortho intramolecular Hbond substituents is 1. The zero-order valence-corrected chi connectivity index (χ0v) is 14.7. The second kappa shape index (κ2) is 7.20. The average Bonchev–Trinajstić information content (AvgIpc) is 3.37. The molecule has 2 aromatic carbocycles. The number of aromatic hydroxyl groups is 1. The molecular formula is C21H23N3O2. The van der Waals surface area contributed by atoms with Gasteiger partial charge in [0, 0.05) is 25.9 Å². The maximum Gasteiger partial charge on any atom is 0.223 e. The Labute approximate surface area is 152 Å². The fourth-order valence-electron chi connectivity index (χ4n) is 3.20. The number of aromatic amines is 1. The van der Waals surface area contributed by atoms with Crippen molar-refractivity contribution in [2.24, 2.45) is 5.92 Å². The Hall–Kier alpha value is -2.82. The standard InChI is InChI=1S/C21H23N3O2/c25-17-9-7-16(8-10-17)14-24(13-15-5-6-15)21(26)12-11-20-22-18-3-1-2-4-19(18)23-20/h1-4,7-10,15,25H,5-6,11-14H2,(H,22,23). The lowest BCUT2D eigenvalue weighted by molar-refractivity contribution is -0.132. The van der Waals surface area contributed by atoms with E-state index in [1.807, 2.05) is 41.3 Å². The van der Waals surface area contributed by atoms with Gasteiger partial charge in [0.25, 0.3) is 0 Å². The van der Waals surface area contributed by atoms with Crippen molar-refractivity contribution < 1.29 is 9.90 Å². The topological polar surface area (TPSA) is 69.2 Å². The molecule has 1 heterocycles. The van der Waals surface area contributed by atoms with Crippen molar-refractivity contribution in [3.05, 3.63) is 59.9 Å². The summed E-state index contributed by atoms with van der Waals surface area (Å²) in [5.41, 5.74) is 2.99. The quantitative estimate of drug-likeness (QED) is 0.684. The summed E-state index contributed by atoms with van der Waals surface area (Å²) in [7, 11) is 0. The summed E-state index contributed by atoms with van der Waals surface area (Å²) in [6, 6.07) is 15.0. The van der Waals surface area contributed by atoms with E-state index in [-0.39, 0.29) is 11.7 Å². The predicted molar refractivity (Wildman–Crippen MR) is 101 cm³/mol. The summed E-state index contributed by atoms with van der Waals surface area (Å²) in [5.74, 6) is 1.90. The lowest BCUT2D eigenvalue weighted by Gasteiger charge is -2.23. The molecule has 0 unspecified atom stereocenters. The van der Waals surface area contributed by atoms with Crippen LogP contribution in [0.15, 0.2) is 48.5 Å². The largest absolute Gasteiger partial charge is 0.508 e. The molecule has 134 valence electrons. The van der Waals surface area contributed by atoms with E-state index in [9.17, 15) is 9.90 Å². The van der Waals surface area contributed by atoms with Gasteiger partial charge < -0.3 is 15.0 Å². The highest BCUT2D eigenvalue weighted by Crippen LogP contribution is 2.30. The minimum atomic E-state index is 0.158. The smallest absolute Gasteiger partial charge is 0.223 e. The van der Waals surface area contributed by atoms with Crippen LogP contribution >= 0.6 is 0 Å². The number of carbonyl (C=O) groups is 1. The van der Waals surface area contributed by atoms with Crippen LogP contribution in [0.1, 0.15) is 30.7 Å². The maximum absolute atomic E-state index is 12.8. The first-order chi connectivity index (χ1) is 12.7. The Kier molecular flexibility index (Phi) is 4.61. The van der Waals surface area contributed by atoms with Gasteiger partial charge in [0.15, 0.2) is 0 Å². The van der Waals surface area contributed by atoms with Crippen molar-refractivity contribution in [2.45, 2.75) is 32.2 Å². The van der Waals surface area contributed by atoms with Crippen LogP contribution in [0, 0.1) is 5.92 Å². The molecule has 1 fully saturated rings. The number of nitrogens with zero attached hydrogens (tertiary/aromatic N) is 2. The number of benzene rings is 2. The second-order valence-electron chi connectivity index (χ2n) is 7.08. The number of rotatable bonds is 7. The van der Waals surface area contributed by atoms with Crippen molar-refractivity contribution in [2.75, 3.05) is 6.54 Å². The van der Waals surface area contributed by atoms with Gasteiger partial charge in [-0.2, -0.15) is 0 Å². The van der Waals surface area contributed by atoms with Crippen LogP contribution in [-0.4, -0.2) is 32.4 Å². The number of nitrogens with one attached hydrogen (secondary N) is 1. The van der Waals surface area contributed by atoms with Gasteiger partial charge in [0.1, 0.15) is 11.6 Å². The number of fused-ring (bicyclic) bond motifs is 1. The van der Waals surface area contributed by atoms with Crippen LogP contribution < -0.4 is 0 Å². The fourth-order valence-corrected chi connectivity index (χ4v) is 3.20. The van der Waals surface area contributed by atoms with E-state index < -0.39 is 0 Å². The Morgan fingerprint density at radius 2 is 1.92 bits per heavy atom. The number of carbonyl (C=O) groups excluding carboxylic acids is 1. The zero-order valence-electron chi connectivity index (χ0n) is 14.7. The summed E-state index contributed by atoms with van der Waals surface area (Å²) >= 11 is 0. The first-order valence-electron chi connectivity index (χ1n) is 9.17. The Balaban J connectivity index is 1.41. The van der Waals surface area contributed by atoms with Crippen LogP contribution in [-0.2, 0) is 17.8 Å². The van der Waals surface area contributed by atoms with Gasteiger partial charge >= 0.3 is 0 Å². The van der Waals surface area contributed by atoms with Gasteiger partial charge in [-0.25, -0.2) is 4.98 Å². The van der Waals surface area contributed by atoms with E-state index in [0.717, 1.165) is 29.0 Å². The number of imidazole rings is 1. The third kappa shape index (κ3) is 4.04. The first kappa shape index (κ1) is 16.6. The maximum atomic E-state index is 12.8. The van der Waals surface area contributed by atoms with E-state index in [1.165, 1.54) is 12.8 Å². The molecule has 1 aliphatic carbocycles. The van der Waals surface area contributed by atoms with Crippen LogP contribution in [0.25, 0.3) is 11.0 Å². The SMILES string of the molecule is O=C(CCc1nc2ccccc2[nH]1)N(Cc1ccc(O)cc1)CC1CC1. The molecule has 4 rings (SSSR count). The van der Waals surface area contributed by atoms with Crippen molar-refractivity contribution >= 4 is 16.9 Å². The number of hydrogen-bond donors (Lipinski definition) is 2. The van der Waals surface area contributed by atoms with Crippen LogP contribution in [0.3, 0.4) is 0 Å². The summed E-state index contributed by atoms with van der Waals surface area (Å²) < 4.78 is 0. The van der Waals surface area contributed by atoms with E-state index in [4.69, 9.17) is 0 Å². The predicted octanol–water partition coefficient (Wildman–Crippen LogP) is 3.64. The molecule has 1 aliphatic rings. The van der Waals surface area contributed by atoms with Gasteiger partial charge in [0.2, 0.25) is 5.91 Å². The number of aromatic nitrogens is 2. The Bertz CT molecular complexity index is 864. The number of amides is 1. The van der Waals surface area contributed by atoms with E-state index in [1.54, 1.807) is 12.1 Å². The molecule has 0 atom stereocenters. The molecule has 1 amide bonds. The van der Waals surface area contributed by atoms with Crippen LogP contribution in [0.2, 0.25) is 0 Å². The lowest BCUT2D eigenvalue weighted by Crippen LogP contribution is -2.32. The molecule has 5 heteroatoms. The summed E-state index contributed by atoms with van der Waals surface area (Å²) in [4.78, 5) is 22.6. The van der Waals surface area contributed by atoms with E-state index in [0.29, 0.717) is 25.3 Å². The third-order valence-electron chi connectivity index (χ3n) is 4.85. The number of H-pyrrole nitrogens is 1. The summed E-state index contributed by atoms with van der Waals surface area (Å²) in [5, 5.41) is 9.43.